The summed E-state index contributed by atoms with van der Waals surface area (Å²) < 4.78 is 3.15. The van der Waals surface area contributed by atoms with Crippen LogP contribution in [0.1, 0.15) is 27.4 Å². The molecule has 0 atom stereocenters. The molecule has 1 aliphatic heterocycles. The minimum atomic E-state index is -0.233. The van der Waals surface area contributed by atoms with E-state index in [1.807, 2.05) is 22.9 Å². The first-order chi connectivity index (χ1) is 12.6. The lowest BCUT2D eigenvalue weighted by Crippen LogP contribution is -2.39. The summed E-state index contributed by atoms with van der Waals surface area (Å²) in [5.41, 5.74) is 3.28. The van der Waals surface area contributed by atoms with Crippen molar-refractivity contribution < 1.29 is 4.79 Å². The number of rotatable bonds is 3. The maximum atomic E-state index is 12.7. The standard InChI is InChI=1S/C19H19N5O2/c1-22-18(25)8-7-17(21-22)19(26)23-9-10-24-16(13-23)12-15(20-24)11-14-5-3-2-4-6-14/h2-8,12H,9-11,13H2,1H3. The van der Waals surface area contributed by atoms with E-state index in [2.05, 4.69) is 28.4 Å². The molecule has 132 valence electrons. The third-order valence-corrected chi connectivity index (χ3v) is 4.54. The van der Waals surface area contributed by atoms with E-state index in [-0.39, 0.29) is 17.2 Å². The van der Waals surface area contributed by atoms with Crippen molar-refractivity contribution in [1.29, 1.82) is 0 Å². The lowest BCUT2D eigenvalue weighted by molar-refractivity contribution is 0.0697. The number of nitrogens with zero attached hydrogens (tertiary/aromatic N) is 5. The van der Waals surface area contributed by atoms with E-state index in [4.69, 9.17) is 0 Å². The predicted octanol–water partition coefficient (Wildman–Crippen LogP) is 1.22. The lowest BCUT2D eigenvalue weighted by Gasteiger charge is -2.27. The summed E-state index contributed by atoms with van der Waals surface area (Å²) in [5, 5.41) is 8.71. The van der Waals surface area contributed by atoms with Crippen LogP contribution in [0.4, 0.5) is 0 Å². The molecule has 0 unspecified atom stereocenters. The first-order valence-electron chi connectivity index (χ1n) is 8.53. The van der Waals surface area contributed by atoms with Gasteiger partial charge in [0.05, 0.1) is 24.5 Å². The van der Waals surface area contributed by atoms with Crippen LogP contribution in [0.25, 0.3) is 0 Å². The summed E-state index contributed by atoms with van der Waals surface area (Å²) in [6, 6.07) is 15.1. The van der Waals surface area contributed by atoms with Crippen LogP contribution in [0, 0.1) is 0 Å². The van der Waals surface area contributed by atoms with E-state index in [0.29, 0.717) is 19.6 Å². The smallest absolute Gasteiger partial charge is 0.274 e. The van der Waals surface area contributed by atoms with Crippen molar-refractivity contribution in [3.05, 3.63) is 81.5 Å². The van der Waals surface area contributed by atoms with Gasteiger partial charge in [0.1, 0.15) is 5.69 Å². The highest BCUT2D eigenvalue weighted by Crippen LogP contribution is 2.17. The number of fused-ring (bicyclic) bond motifs is 1. The summed E-state index contributed by atoms with van der Waals surface area (Å²) >= 11 is 0. The fraction of sp³-hybridized carbons (Fsp3) is 0.263. The topological polar surface area (TPSA) is 73.0 Å². The van der Waals surface area contributed by atoms with Crippen molar-refractivity contribution in [3.63, 3.8) is 0 Å². The number of hydrogen-bond acceptors (Lipinski definition) is 4. The van der Waals surface area contributed by atoms with Gasteiger partial charge in [-0.15, -0.1) is 0 Å². The summed E-state index contributed by atoms with van der Waals surface area (Å²) in [5.74, 6) is -0.169. The van der Waals surface area contributed by atoms with E-state index in [9.17, 15) is 9.59 Å². The monoisotopic (exact) mass is 349 g/mol. The molecular formula is C19H19N5O2. The molecule has 26 heavy (non-hydrogen) atoms. The molecule has 1 amide bonds. The Balaban J connectivity index is 1.51. The van der Waals surface area contributed by atoms with Gasteiger partial charge in [-0.05, 0) is 17.7 Å². The summed E-state index contributed by atoms with van der Waals surface area (Å²) in [6.07, 6.45) is 0.775. The third-order valence-electron chi connectivity index (χ3n) is 4.54. The number of benzene rings is 1. The number of amides is 1. The van der Waals surface area contributed by atoms with Crippen LogP contribution in [-0.4, -0.2) is 36.9 Å². The van der Waals surface area contributed by atoms with Gasteiger partial charge in [0.15, 0.2) is 0 Å². The quantitative estimate of drug-likeness (QED) is 0.713. The highest BCUT2D eigenvalue weighted by Gasteiger charge is 2.24. The Morgan fingerprint density at radius 3 is 2.65 bits per heavy atom. The molecule has 0 N–H and O–H groups in total. The molecule has 0 saturated heterocycles. The molecule has 3 aromatic rings. The van der Waals surface area contributed by atoms with Crippen LogP contribution in [0.15, 0.2) is 53.3 Å². The Kier molecular flexibility index (Phi) is 4.12. The van der Waals surface area contributed by atoms with E-state index in [0.717, 1.165) is 17.8 Å². The Labute approximate surface area is 150 Å². The van der Waals surface area contributed by atoms with Gasteiger partial charge < -0.3 is 4.90 Å². The van der Waals surface area contributed by atoms with Crippen LogP contribution in [0.3, 0.4) is 0 Å². The summed E-state index contributed by atoms with van der Waals surface area (Å²) in [4.78, 5) is 25.9. The molecule has 0 aliphatic carbocycles. The zero-order valence-corrected chi connectivity index (χ0v) is 14.5. The molecular weight excluding hydrogens is 330 g/mol. The summed E-state index contributed by atoms with van der Waals surface area (Å²) in [7, 11) is 1.54. The second-order valence-electron chi connectivity index (χ2n) is 6.42. The Hall–Kier alpha value is -3.22. The fourth-order valence-electron chi connectivity index (χ4n) is 3.17. The first-order valence-corrected chi connectivity index (χ1v) is 8.53. The molecule has 1 aromatic carbocycles. The van der Waals surface area contributed by atoms with E-state index >= 15 is 0 Å². The number of carbonyl (C=O) groups excluding carboxylic acids is 1. The van der Waals surface area contributed by atoms with E-state index in [1.54, 1.807) is 11.9 Å². The van der Waals surface area contributed by atoms with E-state index in [1.165, 1.54) is 22.4 Å². The van der Waals surface area contributed by atoms with Gasteiger partial charge in [-0.25, -0.2) is 4.68 Å². The van der Waals surface area contributed by atoms with Gasteiger partial charge in [0.25, 0.3) is 11.5 Å². The minimum absolute atomic E-state index is 0.169. The Morgan fingerprint density at radius 1 is 1.08 bits per heavy atom. The van der Waals surface area contributed by atoms with Crippen molar-refractivity contribution in [1.82, 2.24) is 24.5 Å². The number of carbonyl (C=O) groups is 1. The van der Waals surface area contributed by atoms with Gasteiger partial charge >= 0.3 is 0 Å². The van der Waals surface area contributed by atoms with Crippen LogP contribution < -0.4 is 5.56 Å². The SMILES string of the molecule is Cn1nc(C(=O)N2CCn3nc(Cc4ccccc4)cc3C2)ccc1=O. The van der Waals surface area contributed by atoms with Crippen LogP contribution in [0.2, 0.25) is 0 Å². The molecule has 7 heteroatoms. The molecule has 0 fully saturated rings. The molecule has 0 radical (unpaired) electrons. The van der Waals surface area contributed by atoms with E-state index < -0.39 is 0 Å². The van der Waals surface area contributed by atoms with Crippen molar-refractivity contribution >= 4 is 5.91 Å². The molecule has 1 aliphatic rings. The van der Waals surface area contributed by atoms with Gasteiger partial charge in [0, 0.05) is 26.1 Å². The third kappa shape index (κ3) is 3.15. The maximum absolute atomic E-state index is 12.7. The highest BCUT2D eigenvalue weighted by atomic mass is 16.2. The lowest BCUT2D eigenvalue weighted by atomic mass is 10.1. The molecule has 0 bridgehead atoms. The van der Waals surface area contributed by atoms with Crippen molar-refractivity contribution in [2.45, 2.75) is 19.5 Å². The number of aromatic nitrogens is 4. The second kappa shape index (κ2) is 6.59. The van der Waals surface area contributed by atoms with Gasteiger partial charge in [-0.2, -0.15) is 10.2 Å². The largest absolute Gasteiger partial charge is 0.330 e. The van der Waals surface area contributed by atoms with Crippen LogP contribution in [0.5, 0.6) is 0 Å². The molecule has 0 saturated carbocycles. The normalized spacial score (nSPS) is 13.5. The molecule has 4 rings (SSSR count). The average molecular weight is 349 g/mol. The minimum Gasteiger partial charge on any atom is -0.330 e. The Morgan fingerprint density at radius 2 is 1.88 bits per heavy atom. The molecule has 7 nitrogen and oxygen atoms in total. The fourth-order valence-corrected chi connectivity index (χ4v) is 3.17. The number of hydrogen-bond donors (Lipinski definition) is 0. The van der Waals surface area contributed by atoms with Crippen LogP contribution >= 0.6 is 0 Å². The van der Waals surface area contributed by atoms with Gasteiger partial charge in [-0.1, -0.05) is 30.3 Å². The zero-order valence-electron chi connectivity index (χ0n) is 14.5. The van der Waals surface area contributed by atoms with Crippen LogP contribution in [-0.2, 0) is 26.6 Å². The second-order valence-corrected chi connectivity index (χ2v) is 6.42. The van der Waals surface area contributed by atoms with Crippen molar-refractivity contribution in [3.8, 4) is 0 Å². The summed E-state index contributed by atoms with van der Waals surface area (Å²) in [6.45, 7) is 1.72. The number of aryl methyl sites for hydroxylation is 1. The molecule has 2 aromatic heterocycles. The maximum Gasteiger partial charge on any atom is 0.274 e. The molecule has 0 spiro atoms. The highest BCUT2D eigenvalue weighted by molar-refractivity contribution is 5.92. The van der Waals surface area contributed by atoms with Gasteiger partial charge in [-0.3, -0.25) is 14.3 Å². The van der Waals surface area contributed by atoms with Crippen molar-refractivity contribution in [2.75, 3.05) is 6.54 Å². The first kappa shape index (κ1) is 16.3. The zero-order chi connectivity index (χ0) is 18.1. The predicted molar refractivity (Wildman–Crippen MR) is 95.7 cm³/mol. The van der Waals surface area contributed by atoms with Crippen molar-refractivity contribution in [2.24, 2.45) is 7.05 Å². The molecule has 3 heterocycles. The average Bonchev–Trinajstić information content (AvgIpc) is 3.05. The Bertz CT molecular complexity index is 1010. The van der Waals surface area contributed by atoms with Gasteiger partial charge in [0.2, 0.25) is 0 Å².